The van der Waals surface area contributed by atoms with Gasteiger partial charge in [-0.1, -0.05) is 21.1 Å². The zero-order valence-electron chi connectivity index (χ0n) is 10.0. The Kier molecular flexibility index (Phi) is 4.39. The number of ketones is 1. The second-order valence-corrected chi connectivity index (χ2v) is 4.85. The Labute approximate surface area is 117 Å². The summed E-state index contributed by atoms with van der Waals surface area (Å²) in [5.74, 6) is -0.590. The molecule has 2 N–H and O–H groups in total. The van der Waals surface area contributed by atoms with Crippen LogP contribution in [0.1, 0.15) is 16.1 Å². The first-order valence-corrected chi connectivity index (χ1v) is 6.47. The molecule has 0 saturated heterocycles. The minimum absolute atomic E-state index is 0.0691. The summed E-state index contributed by atoms with van der Waals surface area (Å²) in [6.07, 6.45) is 1.61. The summed E-state index contributed by atoms with van der Waals surface area (Å²) in [6, 6.07) is 4.23. The van der Waals surface area contributed by atoms with Crippen LogP contribution in [0.25, 0.3) is 0 Å². The van der Waals surface area contributed by atoms with E-state index in [0.29, 0.717) is 23.1 Å². The molecule has 0 bridgehead atoms. The normalized spacial score (nSPS) is 10.7. The number of carbonyl (C=O) groups excluding carboxylic acids is 1. The van der Waals surface area contributed by atoms with E-state index in [4.69, 9.17) is 5.73 Å². The van der Waals surface area contributed by atoms with E-state index in [1.54, 1.807) is 12.3 Å². The van der Waals surface area contributed by atoms with Crippen LogP contribution in [0.4, 0.5) is 4.39 Å². The molecule has 2 aromatic rings. The number of rotatable bonds is 5. The van der Waals surface area contributed by atoms with Gasteiger partial charge < -0.3 is 5.73 Å². The summed E-state index contributed by atoms with van der Waals surface area (Å²) in [5.41, 5.74) is 6.22. The number of Topliss-reactive ketones (excluding diaryl/α,β-unsaturated/α-hetero) is 1. The minimum Gasteiger partial charge on any atom is -0.329 e. The molecule has 1 heterocycles. The van der Waals surface area contributed by atoms with Crippen LogP contribution >= 0.6 is 15.9 Å². The van der Waals surface area contributed by atoms with Crippen LogP contribution in [0.3, 0.4) is 0 Å². The van der Waals surface area contributed by atoms with Crippen molar-refractivity contribution in [2.24, 2.45) is 5.73 Å². The highest BCUT2D eigenvalue weighted by molar-refractivity contribution is 9.10. The molecule has 0 spiro atoms. The summed E-state index contributed by atoms with van der Waals surface area (Å²) in [5, 5.41) is 7.57. The van der Waals surface area contributed by atoms with Gasteiger partial charge in [-0.05, 0) is 23.8 Å². The number of nitrogens with two attached hydrogens (primary N) is 1. The predicted octanol–water partition coefficient (Wildman–Crippen LogP) is 1.56. The fourth-order valence-electron chi connectivity index (χ4n) is 1.61. The standard InChI is InChI=1S/C12H12BrFN4O/c13-10-2-1-9(14)5-8(10)6-12(19)11-7-18(4-3-15)17-16-11/h1-2,5,7H,3-4,6,15H2. The van der Waals surface area contributed by atoms with Crippen LogP contribution in [0.5, 0.6) is 0 Å². The molecule has 0 aliphatic carbocycles. The molecule has 0 aliphatic heterocycles. The molecular formula is C12H12BrFN4O. The zero-order chi connectivity index (χ0) is 13.8. The third kappa shape index (κ3) is 3.45. The molecule has 7 heteroatoms. The number of carbonyl (C=O) groups is 1. The molecule has 0 amide bonds. The maximum absolute atomic E-state index is 13.1. The van der Waals surface area contributed by atoms with Crippen LogP contribution in [-0.2, 0) is 13.0 Å². The van der Waals surface area contributed by atoms with Crippen molar-refractivity contribution in [1.29, 1.82) is 0 Å². The van der Waals surface area contributed by atoms with Crippen molar-refractivity contribution in [3.05, 3.63) is 45.9 Å². The van der Waals surface area contributed by atoms with Gasteiger partial charge in [-0.2, -0.15) is 0 Å². The highest BCUT2D eigenvalue weighted by Gasteiger charge is 2.13. The summed E-state index contributed by atoms with van der Waals surface area (Å²) in [6.45, 7) is 0.927. The minimum atomic E-state index is -0.377. The first-order valence-electron chi connectivity index (χ1n) is 5.67. The molecule has 1 aromatic heterocycles. The van der Waals surface area contributed by atoms with Gasteiger partial charge in [0, 0.05) is 17.4 Å². The molecule has 0 saturated carbocycles. The first kappa shape index (κ1) is 13.8. The molecular weight excluding hydrogens is 315 g/mol. The monoisotopic (exact) mass is 326 g/mol. The average molecular weight is 327 g/mol. The average Bonchev–Trinajstić information content (AvgIpc) is 2.83. The highest BCUT2D eigenvalue weighted by atomic mass is 79.9. The Balaban J connectivity index is 2.13. The van der Waals surface area contributed by atoms with Gasteiger partial charge in [-0.15, -0.1) is 5.10 Å². The number of benzene rings is 1. The van der Waals surface area contributed by atoms with Crippen molar-refractivity contribution in [1.82, 2.24) is 15.0 Å². The molecule has 0 unspecified atom stereocenters. The zero-order valence-corrected chi connectivity index (χ0v) is 11.6. The Morgan fingerprint density at radius 2 is 2.26 bits per heavy atom. The van der Waals surface area contributed by atoms with Crippen molar-refractivity contribution >= 4 is 21.7 Å². The Morgan fingerprint density at radius 3 is 3.00 bits per heavy atom. The maximum atomic E-state index is 13.1. The summed E-state index contributed by atoms with van der Waals surface area (Å²) >= 11 is 3.28. The summed E-state index contributed by atoms with van der Waals surface area (Å²) < 4.78 is 15.3. The second-order valence-electron chi connectivity index (χ2n) is 3.99. The lowest BCUT2D eigenvalue weighted by molar-refractivity contribution is 0.0988. The Hall–Kier alpha value is -1.60. The molecule has 0 radical (unpaired) electrons. The molecule has 0 aliphatic rings. The topological polar surface area (TPSA) is 73.8 Å². The lowest BCUT2D eigenvalue weighted by atomic mass is 10.1. The van der Waals surface area contributed by atoms with Gasteiger partial charge in [0.15, 0.2) is 5.78 Å². The number of aromatic nitrogens is 3. The van der Waals surface area contributed by atoms with Crippen molar-refractivity contribution in [2.75, 3.05) is 6.54 Å². The van der Waals surface area contributed by atoms with E-state index in [-0.39, 0.29) is 23.7 Å². The third-order valence-electron chi connectivity index (χ3n) is 2.54. The van der Waals surface area contributed by atoms with Gasteiger partial charge in [0.2, 0.25) is 0 Å². The Bertz CT molecular complexity index is 599. The van der Waals surface area contributed by atoms with E-state index in [9.17, 15) is 9.18 Å². The number of halogens is 2. The van der Waals surface area contributed by atoms with Crippen LogP contribution in [0.2, 0.25) is 0 Å². The van der Waals surface area contributed by atoms with Gasteiger partial charge in [0.25, 0.3) is 0 Å². The van der Waals surface area contributed by atoms with E-state index < -0.39 is 0 Å². The quantitative estimate of drug-likeness (QED) is 0.846. The smallest absolute Gasteiger partial charge is 0.189 e. The Morgan fingerprint density at radius 1 is 1.47 bits per heavy atom. The molecule has 19 heavy (non-hydrogen) atoms. The largest absolute Gasteiger partial charge is 0.329 e. The van der Waals surface area contributed by atoms with E-state index in [1.807, 2.05) is 0 Å². The highest BCUT2D eigenvalue weighted by Crippen LogP contribution is 2.19. The van der Waals surface area contributed by atoms with Gasteiger partial charge in [0.05, 0.1) is 12.7 Å². The fraction of sp³-hybridized carbons (Fsp3) is 0.250. The molecule has 0 atom stereocenters. The van der Waals surface area contributed by atoms with E-state index in [1.165, 1.54) is 16.8 Å². The van der Waals surface area contributed by atoms with Crippen molar-refractivity contribution in [2.45, 2.75) is 13.0 Å². The SMILES string of the molecule is NCCn1cc(C(=O)Cc2cc(F)ccc2Br)nn1. The van der Waals surface area contributed by atoms with Gasteiger partial charge in [0.1, 0.15) is 11.5 Å². The lowest BCUT2D eigenvalue weighted by Gasteiger charge is -2.02. The van der Waals surface area contributed by atoms with E-state index >= 15 is 0 Å². The van der Waals surface area contributed by atoms with Crippen LogP contribution in [0, 0.1) is 5.82 Å². The molecule has 2 rings (SSSR count). The van der Waals surface area contributed by atoms with E-state index in [0.717, 1.165) is 0 Å². The fourth-order valence-corrected chi connectivity index (χ4v) is 2.00. The van der Waals surface area contributed by atoms with Gasteiger partial charge in [-0.25, -0.2) is 4.39 Å². The molecule has 5 nitrogen and oxygen atoms in total. The number of hydrogen-bond donors (Lipinski definition) is 1. The summed E-state index contributed by atoms with van der Waals surface area (Å²) in [4.78, 5) is 12.0. The molecule has 100 valence electrons. The molecule has 0 fully saturated rings. The van der Waals surface area contributed by atoms with E-state index in [2.05, 4.69) is 26.2 Å². The van der Waals surface area contributed by atoms with Crippen LogP contribution < -0.4 is 5.73 Å². The molecule has 1 aromatic carbocycles. The lowest BCUT2D eigenvalue weighted by Crippen LogP contribution is -2.10. The van der Waals surface area contributed by atoms with Crippen molar-refractivity contribution in [3.63, 3.8) is 0 Å². The summed E-state index contributed by atoms with van der Waals surface area (Å²) in [7, 11) is 0. The maximum Gasteiger partial charge on any atom is 0.189 e. The third-order valence-corrected chi connectivity index (χ3v) is 3.31. The van der Waals surface area contributed by atoms with Crippen molar-refractivity contribution in [3.8, 4) is 0 Å². The van der Waals surface area contributed by atoms with Crippen LogP contribution in [0.15, 0.2) is 28.9 Å². The van der Waals surface area contributed by atoms with Crippen LogP contribution in [-0.4, -0.2) is 27.3 Å². The second kappa shape index (κ2) is 6.03. The van der Waals surface area contributed by atoms with Gasteiger partial charge in [-0.3, -0.25) is 9.48 Å². The van der Waals surface area contributed by atoms with Crippen molar-refractivity contribution < 1.29 is 9.18 Å². The van der Waals surface area contributed by atoms with Gasteiger partial charge >= 0.3 is 0 Å². The predicted molar refractivity (Wildman–Crippen MR) is 71.2 cm³/mol. The number of hydrogen-bond acceptors (Lipinski definition) is 4. The number of nitrogens with zero attached hydrogens (tertiary/aromatic N) is 3. The first-order chi connectivity index (χ1) is 9.10.